The number of anilines is 1. The average molecular weight is 459 g/mol. The van der Waals surface area contributed by atoms with Crippen molar-refractivity contribution >= 4 is 33.4 Å². The summed E-state index contributed by atoms with van der Waals surface area (Å²) in [5.74, 6) is 0.542. The molecule has 1 atom stereocenters. The molecule has 0 saturated heterocycles. The summed E-state index contributed by atoms with van der Waals surface area (Å²) in [5.41, 5.74) is 2.70. The fraction of sp³-hybridized carbons (Fsp3) is 0.105. The number of nitrogens with zero attached hydrogens (tertiary/aromatic N) is 3. The normalized spacial score (nSPS) is 14.8. The highest BCUT2D eigenvalue weighted by Gasteiger charge is 2.27. The molecular formula is C19H15BrN4O3S. The number of rotatable bonds is 4. The predicted molar refractivity (Wildman–Crippen MR) is 111 cm³/mol. The number of hydrogen-bond donors (Lipinski definition) is 3. The van der Waals surface area contributed by atoms with E-state index < -0.39 is 6.23 Å². The van der Waals surface area contributed by atoms with Gasteiger partial charge in [-0.25, -0.2) is 0 Å². The zero-order valence-electron chi connectivity index (χ0n) is 14.5. The molecule has 0 radical (unpaired) electrons. The monoisotopic (exact) mass is 458 g/mol. The molecule has 1 aliphatic heterocycles. The second-order valence-corrected chi connectivity index (χ2v) is 7.83. The lowest BCUT2D eigenvalue weighted by Gasteiger charge is -2.19. The van der Waals surface area contributed by atoms with Crippen molar-refractivity contribution in [2.75, 3.05) is 11.1 Å². The second-order valence-electron chi connectivity index (χ2n) is 5.93. The molecule has 2 heterocycles. The Morgan fingerprint density at radius 1 is 1.18 bits per heavy atom. The first kappa shape index (κ1) is 18.6. The second kappa shape index (κ2) is 7.69. The Kier molecular flexibility index (Phi) is 5.10. The van der Waals surface area contributed by atoms with Gasteiger partial charge < -0.3 is 20.3 Å². The number of nitrogens with one attached hydrogen (secondary N) is 1. The van der Waals surface area contributed by atoms with E-state index in [1.54, 1.807) is 12.1 Å². The third kappa shape index (κ3) is 3.63. The van der Waals surface area contributed by atoms with Crippen LogP contribution in [0.3, 0.4) is 0 Å². The number of phenolic OH excluding ortho intramolecular Hbond substituents is 2. The number of hydrogen-bond acceptors (Lipinski definition) is 8. The smallest absolute Gasteiger partial charge is 0.247 e. The standard InChI is InChI=1S/C19H15BrN4O3S/c1-2-7-28-19-22-18-16(23-24-19)12-9-11(20)4-5-13(12)21-17(27-18)10-3-6-14(25)15(26)8-10/h2-6,8-9,17,21,25-26H,1,7H2/t17-/m0/s1. The third-order valence-electron chi connectivity index (χ3n) is 4.02. The molecule has 3 aromatic rings. The minimum absolute atomic E-state index is 0.200. The van der Waals surface area contributed by atoms with Crippen molar-refractivity contribution < 1.29 is 14.9 Å². The van der Waals surface area contributed by atoms with Gasteiger partial charge in [-0.2, -0.15) is 4.98 Å². The van der Waals surface area contributed by atoms with E-state index in [1.807, 2.05) is 18.2 Å². The lowest BCUT2D eigenvalue weighted by molar-refractivity contribution is 0.224. The summed E-state index contributed by atoms with van der Waals surface area (Å²) < 4.78 is 6.99. The molecule has 0 saturated carbocycles. The Morgan fingerprint density at radius 2 is 2.04 bits per heavy atom. The lowest BCUT2D eigenvalue weighted by atomic mass is 10.1. The Morgan fingerprint density at radius 3 is 2.82 bits per heavy atom. The Balaban J connectivity index is 1.82. The number of thioether (sulfide) groups is 1. The summed E-state index contributed by atoms with van der Waals surface area (Å²) >= 11 is 4.88. The molecule has 0 fully saturated rings. The average Bonchev–Trinajstić information content (AvgIpc) is 2.84. The molecule has 2 aromatic carbocycles. The number of fused-ring (bicyclic) bond motifs is 3. The molecule has 28 heavy (non-hydrogen) atoms. The summed E-state index contributed by atoms with van der Waals surface area (Å²) in [6.07, 6.45) is 1.11. The van der Waals surface area contributed by atoms with Gasteiger partial charge in [0.15, 0.2) is 23.4 Å². The maximum absolute atomic E-state index is 9.88. The molecule has 4 rings (SSSR count). The van der Waals surface area contributed by atoms with Gasteiger partial charge in [0.2, 0.25) is 11.0 Å². The molecule has 0 bridgehead atoms. The van der Waals surface area contributed by atoms with Crippen LogP contribution in [-0.4, -0.2) is 31.1 Å². The van der Waals surface area contributed by atoms with Crippen LogP contribution >= 0.6 is 27.7 Å². The zero-order chi connectivity index (χ0) is 19.7. The van der Waals surface area contributed by atoms with Crippen molar-refractivity contribution in [2.45, 2.75) is 11.4 Å². The third-order valence-corrected chi connectivity index (χ3v) is 5.35. The van der Waals surface area contributed by atoms with Crippen LogP contribution in [0.1, 0.15) is 11.8 Å². The number of ether oxygens (including phenoxy) is 1. The van der Waals surface area contributed by atoms with Gasteiger partial charge in [0.25, 0.3) is 0 Å². The van der Waals surface area contributed by atoms with Gasteiger partial charge in [0, 0.05) is 27.0 Å². The Labute approximate surface area is 173 Å². The summed E-state index contributed by atoms with van der Waals surface area (Å²) in [6.45, 7) is 3.70. The molecule has 0 amide bonds. The summed E-state index contributed by atoms with van der Waals surface area (Å²) in [7, 11) is 0. The molecule has 3 N–H and O–H groups in total. The van der Waals surface area contributed by atoms with Crippen molar-refractivity contribution in [3.63, 3.8) is 0 Å². The molecule has 7 nitrogen and oxygen atoms in total. The van der Waals surface area contributed by atoms with Crippen LogP contribution in [0.5, 0.6) is 17.4 Å². The van der Waals surface area contributed by atoms with Gasteiger partial charge in [0.1, 0.15) is 0 Å². The van der Waals surface area contributed by atoms with E-state index in [9.17, 15) is 10.2 Å². The highest BCUT2D eigenvalue weighted by atomic mass is 79.9. The summed E-state index contributed by atoms with van der Waals surface area (Å²) in [5, 5.41) is 31.8. The van der Waals surface area contributed by atoms with Gasteiger partial charge in [-0.1, -0.05) is 33.8 Å². The minimum Gasteiger partial charge on any atom is -0.504 e. The van der Waals surface area contributed by atoms with Crippen LogP contribution in [0.25, 0.3) is 11.3 Å². The highest BCUT2D eigenvalue weighted by Crippen LogP contribution is 2.41. The van der Waals surface area contributed by atoms with Gasteiger partial charge in [-0.15, -0.1) is 16.8 Å². The van der Waals surface area contributed by atoms with Crippen molar-refractivity contribution in [2.24, 2.45) is 0 Å². The minimum atomic E-state index is -0.651. The molecule has 0 unspecified atom stereocenters. The topological polar surface area (TPSA) is 100 Å². The summed E-state index contributed by atoms with van der Waals surface area (Å²) in [4.78, 5) is 4.51. The lowest BCUT2D eigenvalue weighted by Crippen LogP contribution is -2.17. The van der Waals surface area contributed by atoms with Gasteiger partial charge in [0.05, 0.1) is 0 Å². The van der Waals surface area contributed by atoms with E-state index in [-0.39, 0.29) is 11.5 Å². The first-order valence-electron chi connectivity index (χ1n) is 8.28. The Bertz CT molecular complexity index is 1060. The maximum Gasteiger partial charge on any atom is 0.247 e. The fourth-order valence-electron chi connectivity index (χ4n) is 2.72. The SMILES string of the molecule is C=CCSc1nnc2c(n1)O[C@@H](c1ccc(O)c(O)c1)Nc1ccc(Br)cc1-2. The van der Waals surface area contributed by atoms with E-state index in [0.29, 0.717) is 28.0 Å². The molecular weight excluding hydrogens is 444 g/mol. The van der Waals surface area contributed by atoms with Gasteiger partial charge in [-0.05, 0) is 36.4 Å². The largest absolute Gasteiger partial charge is 0.504 e. The number of aromatic nitrogens is 3. The molecule has 0 spiro atoms. The molecule has 9 heteroatoms. The van der Waals surface area contributed by atoms with Crippen molar-refractivity contribution in [3.05, 3.63) is 59.1 Å². The molecule has 142 valence electrons. The Hall–Kier alpha value is -2.78. The number of halogens is 1. The molecule has 0 aliphatic carbocycles. The predicted octanol–water partition coefficient (Wildman–Crippen LogP) is 4.49. The van der Waals surface area contributed by atoms with Crippen LogP contribution in [0, 0.1) is 0 Å². The van der Waals surface area contributed by atoms with Crippen LogP contribution < -0.4 is 10.1 Å². The first-order chi connectivity index (χ1) is 13.5. The highest BCUT2D eigenvalue weighted by molar-refractivity contribution is 9.10. The van der Waals surface area contributed by atoms with E-state index in [4.69, 9.17) is 4.74 Å². The van der Waals surface area contributed by atoms with E-state index in [1.165, 1.54) is 23.9 Å². The van der Waals surface area contributed by atoms with Crippen molar-refractivity contribution in [3.8, 4) is 28.6 Å². The van der Waals surface area contributed by atoms with Crippen molar-refractivity contribution in [1.82, 2.24) is 15.2 Å². The van der Waals surface area contributed by atoms with E-state index in [2.05, 4.69) is 43.0 Å². The number of aromatic hydroxyl groups is 2. The maximum atomic E-state index is 9.88. The van der Waals surface area contributed by atoms with Crippen LogP contribution in [0.4, 0.5) is 5.69 Å². The van der Waals surface area contributed by atoms with Crippen LogP contribution in [-0.2, 0) is 0 Å². The number of phenols is 2. The summed E-state index contributed by atoms with van der Waals surface area (Å²) in [6, 6.07) is 10.2. The van der Waals surface area contributed by atoms with E-state index in [0.717, 1.165) is 15.7 Å². The number of benzene rings is 2. The van der Waals surface area contributed by atoms with Crippen LogP contribution in [0.2, 0.25) is 0 Å². The van der Waals surface area contributed by atoms with Crippen molar-refractivity contribution in [1.29, 1.82) is 0 Å². The van der Waals surface area contributed by atoms with E-state index >= 15 is 0 Å². The van der Waals surface area contributed by atoms with Gasteiger partial charge >= 0.3 is 0 Å². The fourth-order valence-corrected chi connectivity index (χ4v) is 3.59. The molecule has 1 aromatic heterocycles. The van der Waals surface area contributed by atoms with Gasteiger partial charge in [-0.3, -0.25) is 0 Å². The molecule has 1 aliphatic rings. The quantitative estimate of drug-likeness (QED) is 0.298. The zero-order valence-corrected chi connectivity index (χ0v) is 16.9. The first-order valence-corrected chi connectivity index (χ1v) is 10.1. The van der Waals surface area contributed by atoms with Crippen LogP contribution in [0.15, 0.2) is 58.7 Å².